The predicted molar refractivity (Wildman–Crippen MR) is 59.8 cm³/mol. The second-order valence-corrected chi connectivity index (χ2v) is 4.21. The molecule has 15 heavy (non-hydrogen) atoms. The molecule has 0 saturated heterocycles. The molecule has 0 bridgehead atoms. The molecule has 2 heterocycles. The van der Waals surface area contributed by atoms with Gasteiger partial charge in [0, 0.05) is 5.56 Å². The number of ether oxygens (including phenoxy) is 1. The van der Waals surface area contributed by atoms with Gasteiger partial charge in [0.25, 0.3) is 0 Å². The van der Waals surface area contributed by atoms with Gasteiger partial charge in [-0.25, -0.2) is 4.68 Å². The first kappa shape index (κ1) is 9.12. The Kier molecular flexibility index (Phi) is 2.11. The first-order valence-electron chi connectivity index (χ1n) is 4.75. The summed E-state index contributed by atoms with van der Waals surface area (Å²) in [7, 11) is 0. The van der Waals surface area contributed by atoms with Gasteiger partial charge in [0.05, 0.1) is 24.6 Å². The maximum atomic E-state index is 5.32. The van der Waals surface area contributed by atoms with Gasteiger partial charge in [-0.15, -0.1) is 0 Å². The molecule has 2 aromatic rings. The topological polar surface area (TPSA) is 27.1 Å². The normalized spacial score (nSPS) is 14.2. The van der Waals surface area contributed by atoms with Crippen LogP contribution in [0.25, 0.3) is 5.69 Å². The van der Waals surface area contributed by atoms with Gasteiger partial charge in [-0.2, -0.15) is 5.10 Å². The van der Waals surface area contributed by atoms with Crippen molar-refractivity contribution in [2.75, 3.05) is 0 Å². The zero-order valence-electron chi connectivity index (χ0n) is 7.98. The summed E-state index contributed by atoms with van der Waals surface area (Å²) < 4.78 is 8.23. The fourth-order valence-electron chi connectivity index (χ4n) is 1.72. The third-order valence-electron chi connectivity index (χ3n) is 2.49. The molecule has 3 nitrogen and oxygen atoms in total. The number of halogens is 1. The van der Waals surface area contributed by atoms with Crippen LogP contribution < -0.4 is 0 Å². The summed E-state index contributed by atoms with van der Waals surface area (Å²) in [6.45, 7) is 1.27. The van der Waals surface area contributed by atoms with E-state index in [1.165, 1.54) is 5.56 Å². The van der Waals surface area contributed by atoms with Crippen LogP contribution in [0.3, 0.4) is 0 Å². The third kappa shape index (κ3) is 1.41. The van der Waals surface area contributed by atoms with Crippen LogP contribution in [0.15, 0.2) is 34.9 Å². The highest BCUT2D eigenvalue weighted by Crippen LogP contribution is 2.29. The van der Waals surface area contributed by atoms with Crippen molar-refractivity contribution in [3.8, 4) is 5.69 Å². The summed E-state index contributed by atoms with van der Waals surface area (Å²) in [5.41, 5.74) is 3.27. The molecule has 0 fully saturated rings. The van der Waals surface area contributed by atoms with Crippen molar-refractivity contribution in [2.45, 2.75) is 13.2 Å². The van der Waals surface area contributed by atoms with Gasteiger partial charge in [0.1, 0.15) is 4.60 Å². The van der Waals surface area contributed by atoms with Crippen molar-refractivity contribution in [2.24, 2.45) is 0 Å². The molecule has 0 amide bonds. The lowest BCUT2D eigenvalue weighted by Gasteiger charge is -2.03. The highest BCUT2D eigenvalue weighted by Gasteiger charge is 2.21. The predicted octanol–water partition coefficient (Wildman–Crippen LogP) is 2.67. The monoisotopic (exact) mass is 264 g/mol. The second kappa shape index (κ2) is 3.47. The van der Waals surface area contributed by atoms with Gasteiger partial charge in [-0.3, -0.25) is 0 Å². The van der Waals surface area contributed by atoms with E-state index in [4.69, 9.17) is 4.74 Å². The number of para-hydroxylation sites is 1. The molecular formula is C11H9BrN2O. The van der Waals surface area contributed by atoms with Crippen LogP contribution in [-0.2, 0) is 18.0 Å². The van der Waals surface area contributed by atoms with Crippen LogP contribution in [0, 0.1) is 0 Å². The number of rotatable bonds is 1. The maximum Gasteiger partial charge on any atom is 0.115 e. The Labute approximate surface area is 95.8 Å². The van der Waals surface area contributed by atoms with Crippen LogP contribution >= 0.6 is 15.9 Å². The van der Waals surface area contributed by atoms with Crippen LogP contribution in [0.1, 0.15) is 11.3 Å². The molecule has 0 N–H and O–H groups in total. The molecule has 0 radical (unpaired) electrons. The van der Waals surface area contributed by atoms with Crippen molar-refractivity contribution < 1.29 is 4.74 Å². The van der Waals surface area contributed by atoms with E-state index in [1.807, 2.05) is 35.0 Å². The van der Waals surface area contributed by atoms with E-state index in [0.717, 1.165) is 16.0 Å². The zero-order valence-corrected chi connectivity index (χ0v) is 9.57. The number of nitrogens with zero attached hydrogens (tertiary/aromatic N) is 2. The van der Waals surface area contributed by atoms with E-state index in [9.17, 15) is 0 Å². The summed E-state index contributed by atoms with van der Waals surface area (Å²) in [5.74, 6) is 0. The summed E-state index contributed by atoms with van der Waals surface area (Å²) in [5, 5.41) is 4.51. The zero-order chi connectivity index (χ0) is 10.3. The van der Waals surface area contributed by atoms with Gasteiger partial charge in [-0.1, -0.05) is 18.2 Å². The van der Waals surface area contributed by atoms with Gasteiger partial charge < -0.3 is 4.74 Å². The quantitative estimate of drug-likeness (QED) is 0.792. The molecule has 0 spiro atoms. The molecule has 0 aliphatic carbocycles. The van der Waals surface area contributed by atoms with Crippen LogP contribution in [-0.4, -0.2) is 9.78 Å². The van der Waals surface area contributed by atoms with Crippen molar-refractivity contribution in [1.29, 1.82) is 0 Å². The van der Waals surface area contributed by atoms with Crippen molar-refractivity contribution in [1.82, 2.24) is 9.78 Å². The van der Waals surface area contributed by atoms with Gasteiger partial charge >= 0.3 is 0 Å². The van der Waals surface area contributed by atoms with Gasteiger partial charge in [0.15, 0.2) is 0 Å². The summed E-state index contributed by atoms with van der Waals surface area (Å²) in [4.78, 5) is 0. The Hall–Kier alpha value is -1.13. The largest absolute Gasteiger partial charge is 0.370 e. The van der Waals surface area contributed by atoms with Crippen LogP contribution in [0.2, 0.25) is 0 Å². The Morgan fingerprint density at radius 3 is 2.73 bits per heavy atom. The minimum Gasteiger partial charge on any atom is -0.370 e. The smallest absolute Gasteiger partial charge is 0.115 e. The molecule has 0 saturated carbocycles. The van der Waals surface area contributed by atoms with Crippen LogP contribution in [0.4, 0.5) is 0 Å². The first-order valence-corrected chi connectivity index (χ1v) is 5.55. The van der Waals surface area contributed by atoms with E-state index in [1.54, 1.807) is 0 Å². The van der Waals surface area contributed by atoms with E-state index >= 15 is 0 Å². The molecule has 4 heteroatoms. The van der Waals surface area contributed by atoms with E-state index < -0.39 is 0 Å². The van der Waals surface area contributed by atoms with Gasteiger partial charge in [-0.05, 0) is 28.1 Å². The SMILES string of the molecule is Brc1c2c(nn1-c1ccccc1)COC2. The number of aromatic nitrogens is 2. The molecule has 1 aliphatic rings. The Balaban J connectivity index is 2.14. The summed E-state index contributed by atoms with van der Waals surface area (Å²) >= 11 is 3.56. The number of hydrogen-bond acceptors (Lipinski definition) is 2. The minimum atomic E-state index is 0.619. The van der Waals surface area contributed by atoms with Crippen molar-refractivity contribution in [3.63, 3.8) is 0 Å². The first-order chi connectivity index (χ1) is 7.36. The summed E-state index contributed by atoms with van der Waals surface area (Å²) in [6, 6.07) is 10.1. The van der Waals surface area contributed by atoms with E-state index in [-0.39, 0.29) is 0 Å². The average molecular weight is 265 g/mol. The highest BCUT2D eigenvalue weighted by molar-refractivity contribution is 9.10. The Morgan fingerprint density at radius 2 is 2.00 bits per heavy atom. The van der Waals surface area contributed by atoms with E-state index in [2.05, 4.69) is 21.0 Å². The molecular weight excluding hydrogens is 256 g/mol. The van der Waals surface area contributed by atoms with Gasteiger partial charge in [0.2, 0.25) is 0 Å². The fourth-order valence-corrected chi connectivity index (χ4v) is 2.35. The molecule has 3 rings (SSSR count). The highest BCUT2D eigenvalue weighted by atomic mass is 79.9. The molecule has 1 aliphatic heterocycles. The maximum absolute atomic E-state index is 5.32. The summed E-state index contributed by atoms with van der Waals surface area (Å²) in [6.07, 6.45) is 0. The lowest BCUT2D eigenvalue weighted by molar-refractivity contribution is 0.131. The van der Waals surface area contributed by atoms with Crippen molar-refractivity contribution in [3.05, 3.63) is 46.2 Å². The lowest BCUT2D eigenvalue weighted by Crippen LogP contribution is -1.98. The standard InChI is InChI=1S/C11H9BrN2O/c12-11-9-6-15-7-10(9)13-14(11)8-4-2-1-3-5-8/h1-5H,6-7H2. The number of hydrogen-bond donors (Lipinski definition) is 0. The molecule has 0 atom stereocenters. The van der Waals surface area contributed by atoms with Crippen molar-refractivity contribution >= 4 is 15.9 Å². The molecule has 1 aromatic heterocycles. The fraction of sp³-hybridized carbons (Fsp3) is 0.182. The minimum absolute atomic E-state index is 0.619. The second-order valence-electron chi connectivity index (χ2n) is 3.46. The number of fused-ring (bicyclic) bond motifs is 1. The Bertz CT molecular complexity index is 493. The molecule has 76 valence electrons. The molecule has 0 unspecified atom stereocenters. The van der Waals surface area contributed by atoms with Crippen LogP contribution in [0.5, 0.6) is 0 Å². The average Bonchev–Trinajstić information content (AvgIpc) is 2.83. The third-order valence-corrected chi connectivity index (χ3v) is 3.30. The molecule has 1 aromatic carbocycles. The number of benzene rings is 1. The lowest BCUT2D eigenvalue weighted by atomic mass is 10.3. The Morgan fingerprint density at radius 1 is 1.20 bits per heavy atom. The van der Waals surface area contributed by atoms with E-state index in [0.29, 0.717) is 13.2 Å².